The van der Waals surface area contributed by atoms with Crippen LogP contribution in [-0.2, 0) is 4.79 Å². The van der Waals surface area contributed by atoms with Gasteiger partial charge in [-0.05, 0) is 39.2 Å². The lowest BCUT2D eigenvalue weighted by molar-refractivity contribution is -0.117. The standard InChI is InChI=1S/C11H21NO/c1-9-7-10(2)12(8-9)6-4-5-11(3)13/h9-10H,4-8H2,1-3H3. The number of likely N-dealkylation sites (tertiary alicyclic amines) is 1. The van der Waals surface area contributed by atoms with Gasteiger partial charge in [-0.1, -0.05) is 6.92 Å². The summed E-state index contributed by atoms with van der Waals surface area (Å²) in [5.41, 5.74) is 0. The Balaban J connectivity index is 2.18. The summed E-state index contributed by atoms with van der Waals surface area (Å²) in [6, 6.07) is 0.724. The normalized spacial score (nSPS) is 29.5. The van der Waals surface area contributed by atoms with Gasteiger partial charge in [-0.15, -0.1) is 0 Å². The van der Waals surface area contributed by atoms with Gasteiger partial charge >= 0.3 is 0 Å². The molecule has 1 heterocycles. The molecule has 2 unspecified atom stereocenters. The van der Waals surface area contributed by atoms with E-state index in [2.05, 4.69) is 18.7 Å². The summed E-state index contributed by atoms with van der Waals surface area (Å²) in [5, 5.41) is 0. The maximum absolute atomic E-state index is 10.7. The molecule has 0 aromatic heterocycles. The Morgan fingerprint density at radius 2 is 2.15 bits per heavy atom. The van der Waals surface area contributed by atoms with E-state index < -0.39 is 0 Å². The molecule has 0 aromatic rings. The van der Waals surface area contributed by atoms with Crippen molar-refractivity contribution in [2.24, 2.45) is 5.92 Å². The van der Waals surface area contributed by atoms with Crippen LogP contribution in [0.15, 0.2) is 0 Å². The molecule has 2 nitrogen and oxygen atoms in total. The third-order valence-electron chi connectivity index (χ3n) is 2.89. The first kappa shape index (κ1) is 10.7. The highest BCUT2D eigenvalue weighted by molar-refractivity contribution is 5.75. The highest BCUT2D eigenvalue weighted by Gasteiger charge is 2.25. The predicted molar refractivity (Wildman–Crippen MR) is 54.7 cm³/mol. The van der Waals surface area contributed by atoms with Crippen LogP contribution in [-0.4, -0.2) is 29.8 Å². The Morgan fingerprint density at radius 1 is 1.46 bits per heavy atom. The number of Topliss-reactive ketones (excluding diaryl/α,β-unsaturated/α-hetero) is 1. The molecule has 1 rings (SSSR count). The lowest BCUT2D eigenvalue weighted by Gasteiger charge is -2.20. The van der Waals surface area contributed by atoms with E-state index in [0.29, 0.717) is 5.78 Å². The molecule has 0 bridgehead atoms. The quantitative estimate of drug-likeness (QED) is 0.665. The van der Waals surface area contributed by atoms with Crippen molar-refractivity contribution in [3.8, 4) is 0 Å². The molecule has 0 spiro atoms. The van der Waals surface area contributed by atoms with Crippen LogP contribution in [0.5, 0.6) is 0 Å². The average Bonchev–Trinajstić information content (AvgIpc) is 2.29. The summed E-state index contributed by atoms with van der Waals surface area (Å²) in [4.78, 5) is 13.3. The molecule has 1 aliphatic heterocycles. The van der Waals surface area contributed by atoms with Crippen molar-refractivity contribution in [1.82, 2.24) is 4.90 Å². The van der Waals surface area contributed by atoms with Gasteiger partial charge in [-0.2, -0.15) is 0 Å². The summed E-state index contributed by atoms with van der Waals surface area (Å²) in [6.07, 6.45) is 3.10. The number of nitrogens with zero attached hydrogens (tertiary/aromatic N) is 1. The molecule has 0 N–H and O–H groups in total. The molecule has 1 aliphatic rings. The van der Waals surface area contributed by atoms with Crippen LogP contribution in [0.1, 0.15) is 40.0 Å². The second kappa shape index (κ2) is 4.75. The molecule has 2 heteroatoms. The maximum atomic E-state index is 10.7. The van der Waals surface area contributed by atoms with Crippen molar-refractivity contribution in [3.63, 3.8) is 0 Å². The zero-order valence-corrected chi connectivity index (χ0v) is 9.05. The minimum absolute atomic E-state index is 0.319. The second-order valence-corrected chi connectivity index (χ2v) is 4.49. The average molecular weight is 183 g/mol. The Labute approximate surface area is 81.3 Å². The summed E-state index contributed by atoms with van der Waals surface area (Å²) in [5.74, 6) is 1.16. The van der Waals surface area contributed by atoms with E-state index in [1.54, 1.807) is 6.92 Å². The van der Waals surface area contributed by atoms with Gasteiger partial charge in [0.2, 0.25) is 0 Å². The molecule has 0 radical (unpaired) electrons. The van der Waals surface area contributed by atoms with Crippen molar-refractivity contribution >= 4 is 5.78 Å². The Hall–Kier alpha value is -0.370. The zero-order chi connectivity index (χ0) is 9.84. The van der Waals surface area contributed by atoms with Crippen molar-refractivity contribution < 1.29 is 4.79 Å². The number of hydrogen-bond donors (Lipinski definition) is 0. The van der Waals surface area contributed by atoms with Gasteiger partial charge in [-0.3, -0.25) is 0 Å². The smallest absolute Gasteiger partial charge is 0.129 e. The fourth-order valence-corrected chi connectivity index (χ4v) is 2.23. The minimum atomic E-state index is 0.319. The molecule has 0 saturated carbocycles. The van der Waals surface area contributed by atoms with Crippen LogP contribution in [0.3, 0.4) is 0 Å². The van der Waals surface area contributed by atoms with Gasteiger partial charge in [0.1, 0.15) is 5.78 Å². The number of hydrogen-bond acceptors (Lipinski definition) is 2. The predicted octanol–water partition coefficient (Wildman–Crippen LogP) is 2.09. The SMILES string of the molecule is CC(=O)CCCN1CC(C)CC1C. The zero-order valence-electron chi connectivity index (χ0n) is 9.05. The van der Waals surface area contributed by atoms with Gasteiger partial charge in [0.25, 0.3) is 0 Å². The summed E-state index contributed by atoms with van der Waals surface area (Å²) >= 11 is 0. The molecule has 0 aromatic carbocycles. The van der Waals surface area contributed by atoms with Crippen LogP contribution in [0.25, 0.3) is 0 Å². The van der Waals surface area contributed by atoms with Crippen molar-refractivity contribution in [2.45, 2.75) is 46.1 Å². The lowest BCUT2D eigenvalue weighted by atomic mass is 10.1. The fraction of sp³-hybridized carbons (Fsp3) is 0.909. The largest absolute Gasteiger partial charge is 0.300 e. The van der Waals surface area contributed by atoms with Crippen molar-refractivity contribution in [2.75, 3.05) is 13.1 Å². The lowest BCUT2D eigenvalue weighted by Crippen LogP contribution is -2.28. The summed E-state index contributed by atoms with van der Waals surface area (Å²) < 4.78 is 0. The first-order valence-corrected chi connectivity index (χ1v) is 5.33. The van der Waals surface area contributed by atoms with Crippen molar-refractivity contribution in [3.05, 3.63) is 0 Å². The molecule has 13 heavy (non-hydrogen) atoms. The second-order valence-electron chi connectivity index (χ2n) is 4.49. The monoisotopic (exact) mass is 183 g/mol. The molecule has 2 atom stereocenters. The first-order valence-electron chi connectivity index (χ1n) is 5.33. The van der Waals surface area contributed by atoms with Gasteiger partial charge in [-0.25, -0.2) is 0 Å². The number of rotatable bonds is 4. The summed E-state index contributed by atoms with van der Waals surface area (Å²) in [7, 11) is 0. The highest BCUT2D eigenvalue weighted by Crippen LogP contribution is 2.22. The van der Waals surface area contributed by atoms with E-state index in [0.717, 1.165) is 31.3 Å². The molecular formula is C11H21NO. The number of ketones is 1. The fourth-order valence-electron chi connectivity index (χ4n) is 2.23. The van der Waals surface area contributed by atoms with Crippen molar-refractivity contribution in [1.29, 1.82) is 0 Å². The maximum Gasteiger partial charge on any atom is 0.129 e. The van der Waals surface area contributed by atoms with Crippen LogP contribution >= 0.6 is 0 Å². The Morgan fingerprint density at radius 3 is 2.62 bits per heavy atom. The first-order chi connectivity index (χ1) is 6.09. The summed E-state index contributed by atoms with van der Waals surface area (Å²) in [6.45, 7) is 8.60. The van der Waals surface area contributed by atoms with E-state index in [9.17, 15) is 4.79 Å². The molecule has 1 saturated heterocycles. The molecule has 76 valence electrons. The van der Waals surface area contributed by atoms with Gasteiger partial charge in [0.15, 0.2) is 0 Å². The third kappa shape index (κ3) is 3.47. The van der Waals surface area contributed by atoms with E-state index in [1.165, 1.54) is 13.0 Å². The van der Waals surface area contributed by atoms with E-state index in [4.69, 9.17) is 0 Å². The Kier molecular flexibility index (Phi) is 3.91. The Bertz CT molecular complexity index is 179. The van der Waals surface area contributed by atoms with Gasteiger partial charge in [0.05, 0.1) is 0 Å². The highest BCUT2D eigenvalue weighted by atomic mass is 16.1. The van der Waals surface area contributed by atoms with Gasteiger partial charge < -0.3 is 9.69 Å². The van der Waals surface area contributed by atoms with Crippen LogP contribution in [0.4, 0.5) is 0 Å². The van der Waals surface area contributed by atoms with E-state index in [1.807, 2.05) is 0 Å². The molecule has 0 amide bonds. The van der Waals surface area contributed by atoms with E-state index in [-0.39, 0.29) is 0 Å². The molecular weight excluding hydrogens is 162 g/mol. The minimum Gasteiger partial charge on any atom is -0.300 e. The topological polar surface area (TPSA) is 20.3 Å². The third-order valence-corrected chi connectivity index (χ3v) is 2.89. The van der Waals surface area contributed by atoms with Crippen LogP contribution in [0.2, 0.25) is 0 Å². The molecule has 0 aliphatic carbocycles. The number of carbonyl (C=O) groups is 1. The van der Waals surface area contributed by atoms with Gasteiger partial charge in [0, 0.05) is 19.0 Å². The van der Waals surface area contributed by atoms with Crippen LogP contribution in [0, 0.1) is 5.92 Å². The number of carbonyl (C=O) groups excluding carboxylic acids is 1. The van der Waals surface area contributed by atoms with E-state index >= 15 is 0 Å². The van der Waals surface area contributed by atoms with Crippen LogP contribution < -0.4 is 0 Å². The molecule has 1 fully saturated rings.